The molecule has 0 aliphatic carbocycles. The molecule has 11 heteroatoms. The number of carbonyl (C=O) groups excluding carboxylic acids is 2. The third-order valence-electron chi connectivity index (χ3n) is 5.37. The molecule has 1 atom stereocenters. The normalized spacial score (nSPS) is 13.5. The highest BCUT2D eigenvalue weighted by molar-refractivity contribution is 6.34. The smallest absolute Gasteiger partial charge is 0.332 e. The average Bonchev–Trinajstić information content (AvgIpc) is 3.34. The maximum Gasteiger partial charge on any atom is 0.332 e. The van der Waals surface area contributed by atoms with Crippen LogP contribution in [0, 0.1) is 19.7 Å². The number of H-pyrrole nitrogens is 1. The van der Waals surface area contributed by atoms with Crippen LogP contribution >= 0.6 is 0 Å². The summed E-state index contributed by atoms with van der Waals surface area (Å²) in [4.78, 5) is 42.5. The lowest BCUT2D eigenvalue weighted by Gasteiger charge is -2.13. The standard InChI is InChI=1S/C22H24FN3O5.C3H7FO.C2H6/c1-4-31-18(22(29)30)7-8-24-21(28)19-11(2)17(25-12(19)3)10-15-14-9-13(23)5-6-16(14)26-20(15)27;1-2-3-5-4;1-2/h5-6,9-10,18,25H,4,7-8H2,1-3H3,(H,24,28)(H,26,27)(H,29,30);2-3H2,1H3;1-2H3/b15-10-;;. The van der Waals surface area contributed by atoms with Crippen molar-refractivity contribution in [3.63, 3.8) is 0 Å². The first-order valence-electron chi connectivity index (χ1n) is 12.5. The minimum absolute atomic E-state index is 0.130. The largest absolute Gasteiger partial charge is 0.479 e. The number of aromatic nitrogens is 1. The van der Waals surface area contributed by atoms with Gasteiger partial charge in [-0.25, -0.2) is 9.18 Å². The second-order valence-electron chi connectivity index (χ2n) is 8.01. The molecule has 0 saturated heterocycles. The molecule has 3 rings (SSSR count). The van der Waals surface area contributed by atoms with E-state index in [1.54, 1.807) is 26.8 Å². The number of carboxylic acids is 1. The summed E-state index contributed by atoms with van der Waals surface area (Å²) in [7, 11) is 0. The summed E-state index contributed by atoms with van der Waals surface area (Å²) >= 11 is 0. The molecule has 38 heavy (non-hydrogen) atoms. The van der Waals surface area contributed by atoms with E-state index in [4.69, 9.17) is 9.84 Å². The van der Waals surface area contributed by atoms with Gasteiger partial charge in [-0.1, -0.05) is 20.8 Å². The third-order valence-corrected chi connectivity index (χ3v) is 5.37. The van der Waals surface area contributed by atoms with Gasteiger partial charge in [0.25, 0.3) is 11.8 Å². The zero-order valence-electron chi connectivity index (χ0n) is 22.7. The highest BCUT2D eigenvalue weighted by Gasteiger charge is 2.26. The summed E-state index contributed by atoms with van der Waals surface area (Å²) in [5, 5.41) is 14.5. The van der Waals surface area contributed by atoms with E-state index in [0.29, 0.717) is 39.3 Å². The predicted molar refractivity (Wildman–Crippen MR) is 142 cm³/mol. The number of amides is 2. The van der Waals surface area contributed by atoms with Crippen LogP contribution in [0.4, 0.5) is 14.6 Å². The van der Waals surface area contributed by atoms with E-state index in [9.17, 15) is 23.3 Å². The Morgan fingerprint density at radius 3 is 2.45 bits per heavy atom. The lowest BCUT2D eigenvalue weighted by atomic mass is 10.0. The molecule has 1 aromatic heterocycles. The van der Waals surface area contributed by atoms with Gasteiger partial charge in [0, 0.05) is 42.2 Å². The number of ether oxygens (including phenoxy) is 1. The monoisotopic (exact) mass is 537 g/mol. The van der Waals surface area contributed by atoms with E-state index in [0.717, 1.165) is 6.42 Å². The molecule has 210 valence electrons. The molecule has 1 aromatic carbocycles. The molecule has 9 nitrogen and oxygen atoms in total. The molecule has 0 bridgehead atoms. The number of carbonyl (C=O) groups is 3. The van der Waals surface area contributed by atoms with Gasteiger partial charge < -0.3 is 25.5 Å². The summed E-state index contributed by atoms with van der Waals surface area (Å²) in [5.74, 6) is -2.24. The molecule has 2 amide bonds. The van der Waals surface area contributed by atoms with Gasteiger partial charge in [0.15, 0.2) is 6.10 Å². The number of carboxylic acid groups (broad SMARTS) is 1. The van der Waals surface area contributed by atoms with Crippen molar-refractivity contribution < 1.29 is 38.1 Å². The van der Waals surface area contributed by atoms with Gasteiger partial charge >= 0.3 is 5.97 Å². The van der Waals surface area contributed by atoms with Crippen LogP contribution in [0.5, 0.6) is 0 Å². The quantitative estimate of drug-likeness (QED) is 0.309. The van der Waals surface area contributed by atoms with Gasteiger partial charge in [-0.2, -0.15) is 4.94 Å². The molecular weight excluding hydrogens is 500 g/mol. The van der Waals surface area contributed by atoms with Crippen molar-refractivity contribution in [3.8, 4) is 0 Å². The number of hydrogen-bond acceptors (Lipinski definition) is 5. The van der Waals surface area contributed by atoms with E-state index < -0.39 is 17.9 Å². The van der Waals surface area contributed by atoms with Gasteiger partial charge in [-0.05, 0) is 61.6 Å². The third kappa shape index (κ3) is 8.77. The summed E-state index contributed by atoms with van der Waals surface area (Å²) in [6, 6.07) is 4.06. The molecule has 1 aliphatic heterocycles. The van der Waals surface area contributed by atoms with E-state index in [2.05, 4.69) is 20.6 Å². The summed E-state index contributed by atoms with van der Waals surface area (Å²) in [5.41, 5.74) is 3.47. The van der Waals surface area contributed by atoms with E-state index >= 15 is 0 Å². The van der Waals surface area contributed by atoms with Crippen molar-refractivity contribution >= 4 is 35.1 Å². The number of anilines is 1. The lowest BCUT2D eigenvalue weighted by Crippen LogP contribution is -2.32. The van der Waals surface area contributed by atoms with Crippen molar-refractivity contribution in [3.05, 3.63) is 52.1 Å². The lowest BCUT2D eigenvalue weighted by molar-refractivity contribution is -0.150. The van der Waals surface area contributed by atoms with Crippen molar-refractivity contribution in [1.82, 2.24) is 10.3 Å². The maximum absolute atomic E-state index is 13.7. The number of rotatable bonds is 10. The van der Waals surface area contributed by atoms with Gasteiger partial charge in [-0.3, -0.25) is 9.59 Å². The van der Waals surface area contributed by atoms with Crippen LogP contribution in [0.25, 0.3) is 11.6 Å². The van der Waals surface area contributed by atoms with Gasteiger partial charge in [0.2, 0.25) is 0 Å². The predicted octanol–water partition coefficient (Wildman–Crippen LogP) is 5.20. The zero-order valence-corrected chi connectivity index (χ0v) is 22.7. The summed E-state index contributed by atoms with van der Waals surface area (Å²) in [6.07, 6.45) is 1.49. The minimum Gasteiger partial charge on any atom is -0.479 e. The first-order chi connectivity index (χ1) is 18.1. The van der Waals surface area contributed by atoms with Crippen LogP contribution in [0.1, 0.15) is 73.4 Å². The Morgan fingerprint density at radius 1 is 1.21 bits per heavy atom. The van der Waals surface area contributed by atoms with Crippen molar-refractivity contribution in [1.29, 1.82) is 0 Å². The van der Waals surface area contributed by atoms with E-state index in [-0.39, 0.29) is 38.0 Å². The Hall–Kier alpha value is -3.57. The SMILES string of the molecule is CC.CCCOF.CCOC(CCNC(=O)c1c(C)[nH]c(/C=C2\C(=O)Nc3ccc(F)cc32)c1C)C(=O)O. The molecule has 1 unspecified atom stereocenters. The van der Waals surface area contributed by atoms with Crippen LogP contribution in [0.3, 0.4) is 0 Å². The van der Waals surface area contributed by atoms with Gasteiger partial charge in [-0.15, -0.1) is 0 Å². The summed E-state index contributed by atoms with van der Waals surface area (Å²) in [6.45, 7) is 11.6. The number of aromatic amines is 1. The van der Waals surface area contributed by atoms with Crippen molar-refractivity contribution in [2.24, 2.45) is 0 Å². The van der Waals surface area contributed by atoms with Gasteiger partial charge in [0.1, 0.15) is 5.82 Å². The molecule has 0 saturated carbocycles. The van der Waals surface area contributed by atoms with Crippen molar-refractivity contribution in [2.45, 2.75) is 60.5 Å². The molecule has 1 aliphatic rings. The topological polar surface area (TPSA) is 130 Å². The highest BCUT2D eigenvalue weighted by Crippen LogP contribution is 2.34. The fraction of sp³-hybridized carbons (Fsp3) is 0.444. The van der Waals surface area contributed by atoms with Gasteiger partial charge in [0.05, 0.1) is 17.7 Å². The second kappa shape index (κ2) is 16.3. The first kappa shape index (κ1) is 32.5. The molecule has 2 aromatic rings. The molecule has 0 radical (unpaired) electrons. The van der Waals surface area contributed by atoms with Crippen LogP contribution in [0.15, 0.2) is 18.2 Å². The first-order valence-corrected chi connectivity index (χ1v) is 12.5. The highest BCUT2D eigenvalue weighted by atomic mass is 19.3. The molecule has 0 spiro atoms. The Morgan fingerprint density at radius 2 is 1.89 bits per heavy atom. The Labute approximate surface area is 221 Å². The molecule has 4 N–H and O–H groups in total. The molecule has 0 fully saturated rings. The van der Waals surface area contributed by atoms with Crippen LogP contribution in [0.2, 0.25) is 0 Å². The second-order valence-corrected chi connectivity index (χ2v) is 8.01. The number of benzene rings is 1. The number of hydrogen-bond donors (Lipinski definition) is 4. The number of nitrogens with one attached hydrogen (secondary N) is 3. The maximum atomic E-state index is 13.7. The van der Waals surface area contributed by atoms with Crippen molar-refractivity contribution in [2.75, 3.05) is 25.1 Å². The number of fused-ring (bicyclic) bond motifs is 1. The minimum atomic E-state index is -1.08. The molecular formula is C27H37F2N3O6. The van der Waals surface area contributed by atoms with E-state index in [1.165, 1.54) is 18.2 Å². The average molecular weight is 538 g/mol. The number of aryl methyl sites for hydroxylation is 1. The number of halogens is 2. The zero-order chi connectivity index (χ0) is 28.8. The Balaban J connectivity index is 0.000000924. The molecule has 2 heterocycles. The van der Waals surface area contributed by atoms with Crippen LogP contribution in [-0.2, 0) is 19.3 Å². The Bertz CT molecular complexity index is 1130. The fourth-order valence-corrected chi connectivity index (χ4v) is 3.67. The Kier molecular flexibility index (Phi) is 13.9. The van der Waals surface area contributed by atoms with Crippen LogP contribution < -0.4 is 10.6 Å². The van der Waals surface area contributed by atoms with Crippen LogP contribution in [-0.4, -0.2) is 53.7 Å². The summed E-state index contributed by atoms with van der Waals surface area (Å²) < 4.78 is 29.3. The number of aliphatic carboxylic acids is 1. The van der Waals surface area contributed by atoms with E-state index in [1.807, 2.05) is 20.8 Å². The fourth-order valence-electron chi connectivity index (χ4n) is 3.67.